The lowest BCUT2D eigenvalue weighted by molar-refractivity contribution is -0.692. The molecule has 0 saturated carbocycles. The number of hydrogen-bond donors (Lipinski definition) is 0. The molecule has 0 amide bonds. The molecule has 0 radical (unpaired) electrons. The van der Waals surface area contributed by atoms with Gasteiger partial charge in [-0.2, -0.15) is 0 Å². The van der Waals surface area contributed by atoms with Crippen LogP contribution in [0.25, 0.3) is 0 Å². The van der Waals surface area contributed by atoms with Gasteiger partial charge in [0.2, 0.25) is 0 Å². The van der Waals surface area contributed by atoms with Crippen LogP contribution < -0.4 is 9.47 Å². The average molecular weight is 657 g/mol. The summed E-state index contributed by atoms with van der Waals surface area (Å²) in [5.41, 5.74) is 5.83. The number of aryl methyl sites for hydroxylation is 1. The second-order valence-corrected chi connectivity index (χ2v) is 16.7. The summed E-state index contributed by atoms with van der Waals surface area (Å²) in [5.74, 6) is 4.13. The number of nitrogens with zero attached hydrogens (tertiary/aromatic N) is 4. The highest BCUT2D eigenvalue weighted by Gasteiger charge is 2.22. The molecule has 0 bridgehead atoms. The van der Waals surface area contributed by atoms with Crippen molar-refractivity contribution < 1.29 is 9.14 Å². The molecule has 246 valence electrons. The number of allylic oxidation sites excluding steroid dienone is 3. The Hall–Kier alpha value is -2.28. The largest absolute Gasteiger partial charge is 0.372 e. The van der Waals surface area contributed by atoms with Crippen LogP contribution in [0.15, 0.2) is 84.9 Å². The molecule has 0 N–H and O–H groups in total. The maximum absolute atomic E-state index is 2.65. The summed E-state index contributed by atoms with van der Waals surface area (Å²) >= 11 is 0. The SMILES string of the molecule is CC(CC1=CCC(N2CCCC2)C=C1)c1cc[n+](CCSSCC[N+]2=CCC(C(C)Cc3ccc(N4CCCC4)cc3)C=C2)cc1. The van der Waals surface area contributed by atoms with Crippen molar-refractivity contribution in [2.24, 2.45) is 11.8 Å². The fourth-order valence-electron chi connectivity index (χ4n) is 7.52. The van der Waals surface area contributed by atoms with Crippen molar-refractivity contribution in [2.45, 2.75) is 83.7 Å². The van der Waals surface area contributed by atoms with Gasteiger partial charge in [0.1, 0.15) is 6.21 Å². The maximum atomic E-state index is 2.65. The fourth-order valence-corrected chi connectivity index (χ4v) is 9.48. The van der Waals surface area contributed by atoms with Gasteiger partial charge in [0.15, 0.2) is 31.7 Å². The van der Waals surface area contributed by atoms with Crippen LogP contribution in [-0.4, -0.2) is 66.0 Å². The highest BCUT2D eigenvalue weighted by Crippen LogP contribution is 2.29. The maximum Gasteiger partial charge on any atom is 0.169 e. The first kappa shape index (κ1) is 33.6. The monoisotopic (exact) mass is 656 g/mol. The third-order valence-electron chi connectivity index (χ3n) is 10.6. The van der Waals surface area contributed by atoms with E-state index in [0.29, 0.717) is 23.8 Å². The van der Waals surface area contributed by atoms with Crippen molar-refractivity contribution in [1.29, 1.82) is 0 Å². The van der Waals surface area contributed by atoms with Gasteiger partial charge in [-0.25, -0.2) is 9.14 Å². The molecule has 6 heteroatoms. The molecule has 4 unspecified atom stereocenters. The molecule has 46 heavy (non-hydrogen) atoms. The Morgan fingerprint density at radius 2 is 1.52 bits per heavy atom. The number of aromatic nitrogens is 1. The van der Waals surface area contributed by atoms with E-state index in [1.54, 1.807) is 0 Å². The second-order valence-electron chi connectivity index (χ2n) is 14.0. The zero-order valence-electron chi connectivity index (χ0n) is 28.3. The van der Waals surface area contributed by atoms with E-state index < -0.39 is 0 Å². The van der Waals surface area contributed by atoms with Gasteiger partial charge in [-0.05, 0) is 105 Å². The van der Waals surface area contributed by atoms with Crippen LogP contribution >= 0.6 is 21.6 Å². The minimum Gasteiger partial charge on any atom is -0.372 e. The van der Waals surface area contributed by atoms with Crippen molar-refractivity contribution in [3.63, 3.8) is 0 Å². The Balaban J connectivity index is 0.827. The third-order valence-corrected chi connectivity index (χ3v) is 12.9. The Bertz CT molecular complexity index is 1350. The number of benzene rings is 1. The molecule has 6 rings (SSSR count). The topological polar surface area (TPSA) is 13.4 Å². The standard InChI is InChI=1S/C40H56N4S2/c1-33(31-35-7-11-39(12-8-35)43-19-3-4-20-43)37-15-23-41(24-16-37)27-29-45-46-30-28-42-25-17-38(18-26-42)34(2)32-36-9-13-40(14-10-36)44-21-5-6-22-44/h7-13,15,17-18,23-26,33-34,37,40H,3-6,14,16,19-22,27-32H2,1-2H3/q+2. The van der Waals surface area contributed by atoms with E-state index in [2.05, 4.69) is 118 Å². The highest BCUT2D eigenvalue weighted by atomic mass is 33.1. The van der Waals surface area contributed by atoms with Crippen molar-refractivity contribution in [2.75, 3.05) is 49.1 Å². The molecule has 4 nitrogen and oxygen atoms in total. The number of hydrogen-bond acceptors (Lipinski definition) is 4. The summed E-state index contributed by atoms with van der Waals surface area (Å²) in [6, 6.07) is 14.7. The van der Waals surface area contributed by atoms with Crippen LogP contribution in [0.2, 0.25) is 0 Å². The molecule has 3 aliphatic heterocycles. The van der Waals surface area contributed by atoms with E-state index in [1.165, 1.54) is 80.7 Å². The normalized spacial score (nSPS) is 23.0. The Labute approximate surface area is 287 Å². The van der Waals surface area contributed by atoms with Gasteiger partial charge < -0.3 is 4.90 Å². The Kier molecular flexibility index (Phi) is 12.6. The minimum absolute atomic E-state index is 0.551. The molecule has 2 fully saturated rings. The molecule has 1 aromatic heterocycles. The van der Waals surface area contributed by atoms with E-state index in [1.807, 2.05) is 21.6 Å². The molecular weight excluding hydrogens is 601 g/mol. The zero-order chi connectivity index (χ0) is 31.6. The fraction of sp³-hybridized carbons (Fsp3) is 0.550. The first-order valence-corrected chi connectivity index (χ1v) is 20.6. The summed E-state index contributed by atoms with van der Waals surface area (Å²) in [4.78, 5) is 5.17. The van der Waals surface area contributed by atoms with E-state index in [4.69, 9.17) is 0 Å². The van der Waals surface area contributed by atoms with Crippen LogP contribution in [0.3, 0.4) is 0 Å². The van der Waals surface area contributed by atoms with Crippen LogP contribution in [0.4, 0.5) is 5.69 Å². The Morgan fingerprint density at radius 3 is 2.20 bits per heavy atom. The summed E-state index contributed by atoms with van der Waals surface area (Å²) in [7, 11) is 4.01. The smallest absolute Gasteiger partial charge is 0.169 e. The predicted molar refractivity (Wildman–Crippen MR) is 200 cm³/mol. The van der Waals surface area contributed by atoms with E-state index >= 15 is 0 Å². The summed E-state index contributed by atoms with van der Waals surface area (Å²) in [5, 5.41) is 0. The number of anilines is 1. The van der Waals surface area contributed by atoms with Gasteiger partial charge in [0.05, 0.1) is 11.5 Å². The molecule has 0 spiro atoms. The van der Waals surface area contributed by atoms with E-state index in [0.717, 1.165) is 43.9 Å². The lowest BCUT2D eigenvalue weighted by Crippen LogP contribution is -2.33. The van der Waals surface area contributed by atoms with E-state index in [9.17, 15) is 0 Å². The van der Waals surface area contributed by atoms with Crippen molar-refractivity contribution in [3.8, 4) is 0 Å². The van der Waals surface area contributed by atoms with Gasteiger partial charge in [-0.15, -0.1) is 0 Å². The summed E-state index contributed by atoms with van der Waals surface area (Å²) in [6.07, 6.45) is 29.2. The Morgan fingerprint density at radius 1 is 0.804 bits per heavy atom. The van der Waals surface area contributed by atoms with Gasteiger partial charge in [0.25, 0.3) is 0 Å². The number of pyridine rings is 1. The van der Waals surface area contributed by atoms with Gasteiger partial charge >= 0.3 is 0 Å². The van der Waals surface area contributed by atoms with Crippen LogP contribution in [0.1, 0.15) is 75.8 Å². The molecule has 4 atom stereocenters. The highest BCUT2D eigenvalue weighted by molar-refractivity contribution is 8.76. The van der Waals surface area contributed by atoms with Crippen LogP contribution in [0, 0.1) is 11.8 Å². The molecule has 2 aromatic rings. The van der Waals surface area contributed by atoms with Crippen molar-refractivity contribution in [1.82, 2.24) is 4.90 Å². The molecule has 2 saturated heterocycles. The number of rotatable bonds is 15. The van der Waals surface area contributed by atoms with Gasteiger partial charge in [-0.1, -0.05) is 71.4 Å². The second kappa shape index (κ2) is 17.2. The lowest BCUT2D eigenvalue weighted by Gasteiger charge is -2.26. The van der Waals surface area contributed by atoms with Crippen LogP contribution in [0.5, 0.6) is 0 Å². The van der Waals surface area contributed by atoms with Crippen molar-refractivity contribution in [3.05, 3.63) is 96.0 Å². The average Bonchev–Trinajstić information content (AvgIpc) is 3.84. The summed E-state index contributed by atoms with van der Waals surface area (Å²) in [6.45, 7) is 11.9. The molecule has 4 heterocycles. The first-order valence-electron chi connectivity index (χ1n) is 18.1. The van der Waals surface area contributed by atoms with Crippen molar-refractivity contribution >= 4 is 33.5 Å². The van der Waals surface area contributed by atoms with E-state index in [-0.39, 0.29) is 0 Å². The third kappa shape index (κ3) is 9.64. The van der Waals surface area contributed by atoms with Gasteiger partial charge in [0, 0.05) is 43.4 Å². The summed E-state index contributed by atoms with van der Waals surface area (Å²) < 4.78 is 4.75. The minimum atomic E-state index is 0.551. The van der Waals surface area contributed by atoms with Gasteiger partial charge in [-0.3, -0.25) is 4.90 Å². The molecular formula is C40H56N4S2+2. The predicted octanol–water partition coefficient (Wildman–Crippen LogP) is 8.30. The lowest BCUT2D eigenvalue weighted by atomic mass is 9.85. The van der Waals surface area contributed by atoms with Crippen LogP contribution in [-0.2, 0) is 13.0 Å². The molecule has 1 aromatic carbocycles. The number of likely N-dealkylation sites (tertiary alicyclic amines) is 1. The molecule has 4 aliphatic rings. The quantitative estimate of drug-likeness (QED) is 0.109. The zero-order valence-corrected chi connectivity index (χ0v) is 29.9. The first-order chi connectivity index (χ1) is 22.6. The molecule has 1 aliphatic carbocycles.